The topological polar surface area (TPSA) is 66.9 Å². The number of carbonyl (C=O) groups is 1. The number of hydrogen-bond acceptors (Lipinski definition) is 4. The monoisotopic (exact) mass is 442 g/mol. The van der Waals surface area contributed by atoms with Gasteiger partial charge in [-0.3, -0.25) is 4.79 Å². The number of piperidine rings is 1. The fraction of sp³-hybridized carbons (Fsp3) is 0.458. The summed E-state index contributed by atoms with van der Waals surface area (Å²) in [4.78, 5) is 15.0. The number of amides is 1. The number of carbonyl (C=O) groups excluding carboxylic acids is 1. The molecule has 1 aliphatic heterocycles. The van der Waals surface area contributed by atoms with Crippen molar-refractivity contribution in [3.8, 4) is 5.75 Å². The van der Waals surface area contributed by atoms with Gasteiger partial charge in [-0.1, -0.05) is 18.2 Å². The van der Waals surface area contributed by atoms with Crippen LogP contribution in [0.1, 0.15) is 36.0 Å². The fourth-order valence-electron chi connectivity index (χ4n) is 4.64. The average molecular weight is 443 g/mol. The Hall–Kier alpha value is -2.38. The molecular weight excluding hydrogens is 412 g/mol. The van der Waals surface area contributed by atoms with E-state index in [0.29, 0.717) is 37.4 Å². The Labute approximate surface area is 184 Å². The summed E-state index contributed by atoms with van der Waals surface area (Å²) < 4.78 is 33.0. The van der Waals surface area contributed by atoms with E-state index in [-0.39, 0.29) is 11.8 Å². The van der Waals surface area contributed by atoms with E-state index in [1.165, 1.54) is 9.87 Å². The Bertz CT molecular complexity index is 1060. The molecule has 1 aliphatic carbocycles. The Morgan fingerprint density at radius 1 is 1.10 bits per heavy atom. The quantitative estimate of drug-likeness (QED) is 0.689. The van der Waals surface area contributed by atoms with Gasteiger partial charge in [0.2, 0.25) is 15.9 Å². The van der Waals surface area contributed by atoms with E-state index in [0.717, 1.165) is 36.1 Å². The van der Waals surface area contributed by atoms with Crippen molar-refractivity contribution in [1.29, 1.82) is 0 Å². The Morgan fingerprint density at radius 2 is 1.84 bits per heavy atom. The first kappa shape index (κ1) is 21.8. The third kappa shape index (κ3) is 4.62. The maximum atomic E-state index is 13.1. The van der Waals surface area contributed by atoms with Gasteiger partial charge in [0.15, 0.2) is 0 Å². The molecule has 0 atom stereocenters. The number of hydrogen-bond donors (Lipinski definition) is 0. The standard InChI is InChI=1S/C24H30N2O4S/c1-25(17-18-5-3-8-22(15-18)30-2)24(27)20-11-13-26(14-12-20)31(28,29)23-10-9-19-6-4-7-21(19)16-23/h3,5,8-10,15-16,20H,4,6-7,11-14,17H2,1-2H3. The number of ether oxygens (including phenoxy) is 1. The van der Waals surface area contributed by atoms with Crippen molar-refractivity contribution < 1.29 is 17.9 Å². The minimum atomic E-state index is -3.51. The molecule has 1 saturated heterocycles. The highest BCUT2D eigenvalue weighted by molar-refractivity contribution is 7.89. The van der Waals surface area contributed by atoms with E-state index < -0.39 is 10.0 Å². The molecule has 2 aromatic rings. The lowest BCUT2D eigenvalue weighted by molar-refractivity contribution is -0.135. The molecule has 7 heteroatoms. The van der Waals surface area contributed by atoms with Crippen molar-refractivity contribution in [1.82, 2.24) is 9.21 Å². The minimum absolute atomic E-state index is 0.0670. The van der Waals surface area contributed by atoms with Gasteiger partial charge in [0.25, 0.3) is 0 Å². The molecule has 0 radical (unpaired) electrons. The van der Waals surface area contributed by atoms with Crippen molar-refractivity contribution in [3.05, 3.63) is 59.2 Å². The summed E-state index contributed by atoms with van der Waals surface area (Å²) in [6.45, 7) is 1.26. The molecule has 1 amide bonds. The molecule has 2 aliphatic rings. The third-order valence-corrected chi connectivity index (χ3v) is 8.34. The summed E-state index contributed by atoms with van der Waals surface area (Å²) in [5.41, 5.74) is 3.43. The summed E-state index contributed by atoms with van der Waals surface area (Å²) in [6, 6.07) is 13.2. The molecule has 2 aromatic carbocycles. The van der Waals surface area contributed by atoms with Crippen molar-refractivity contribution in [2.75, 3.05) is 27.2 Å². The molecule has 0 aromatic heterocycles. The molecule has 4 rings (SSSR count). The largest absolute Gasteiger partial charge is 0.497 e. The summed E-state index contributed by atoms with van der Waals surface area (Å²) in [6.07, 6.45) is 4.17. The van der Waals surface area contributed by atoms with Crippen LogP contribution in [0.4, 0.5) is 0 Å². The number of fused-ring (bicyclic) bond motifs is 1. The van der Waals surface area contributed by atoms with Gasteiger partial charge in [-0.05, 0) is 73.1 Å². The molecule has 1 heterocycles. The van der Waals surface area contributed by atoms with E-state index >= 15 is 0 Å². The van der Waals surface area contributed by atoms with E-state index in [4.69, 9.17) is 4.74 Å². The molecule has 0 bridgehead atoms. The second kappa shape index (κ2) is 9.01. The number of aryl methyl sites for hydroxylation is 2. The predicted octanol–water partition coefficient (Wildman–Crippen LogP) is 3.24. The zero-order valence-electron chi connectivity index (χ0n) is 18.2. The molecule has 31 heavy (non-hydrogen) atoms. The van der Waals surface area contributed by atoms with Gasteiger partial charge in [-0.15, -0.1) is 0 Å². The molecule has 166 valence electrons. The maximum Gasteiger partial charge on any atom is 0.243 e. The number of benzene rings is 2. The average Bonchev–Trinajstić information content (AvgIpc) is 3.27. The van der Waals surface area contributed by atoms with Crippen LogP contribution in [-0.4, -0.2) is 50.8 Å². The number of nitrogens with zero attached hydrogens (tertiary/aromatic N) is 2. The van der Waals surface area contributed by atoms with Crippen molar-refractivity contribution >= 4 is 15.9 Å². The van der Waals surface area contributed by atoms with E-state index in [1.807, 2.05) is 36.4 Å². The van der Waals surface area contributed by atoms with Crippen LogP contribution in [0.15, 0.2) is 47.4 Å². The maximum absolute atomic E-state index is 13.1. The Balaban J connectivity index is 1.36. The lowest BCUT2D eigenvalue weighted by Crippen LogP contribution is -2.43. The van der Waals surface area contributed by atoms with Crippen LogP contribution in [0.5, 0.6) is 5.75 Å². The van der Waals surface area contributed by atoms with Gasteiger partial charge in [-0.25, -0.2) is 8.42 Å². The molecule has 0 saturated carbocycles. The highest BCUT2D eigenvalue weighted by atomic mass is 32.2. The van der Waals surface area contributed by atoms with E-state index in [9.17, 15) is 13.2 Å². The van der Waals surface area contributed by atoms with Gasteiger partial charge >= 0.3 is 0 Å². The van der Waals surface area contributed by atoms with Crippen molar-refractivity contribution in [2.45, 2.75) is 43.5 Å². The molecule has 0 unspecified atom stereocenters. The molecule has 6 nitrogen and oxygen atoms in total. The van der Waals surface area contributed by atoms with Crippen molar-refractivity contribution in [3.63, 3.8) is 0 Å². The second-order valence-corrected chi connectivity index (χ2v) is 10.4. The lowest BCUT2D eigenvalue weighted by atomic mass is 9.96. The normalized spacial score (nSPS) is 17.4. The zero-order chi connectivity index (χ0) is 22.0. The van der Waals surface area contributed by atoms with Crippen molar-refractivity contribution in [2.24, 2.45) is 5.92 Å². The predicted molar refractivity (Wildman–Crippen MR) is 119 cm³/mol. The smallest absolute Gasteiger partial charge is 0.243 e. The molecular formula is C24H30N2O4S. The first-order valence-electron chi connectivity index (χ1n) is 10.9. The van der Waals surface area contributed by atoms with Crippen LogP contribution >= 0.6 is 0 Å². The highest BCUT2D eigenvalue weighted by Gasteiger charge is 2.33. The molecule has 0 N–H and O–H groups in total. The van der Waals surface area contributed by atoms with Gasteiger partial charge in [0.05, 0.1) is 12.0 Å². The number of sulfonamides is 1. The Morgan fingerprint density at radius 3 is 2.58 bits per heavy atom. The van der Waals surface area contributed by atoms with E-state index in [2.05, 4.69) is 0 Å². The Kier molecular flexibility index (Phi) is 6.34. The first-order valence-corrected chi connectivity index (χ1v) is 12.3. The highest BCUT2D eigenvalue weighted by Crippen LogP contribution is 2.29. The SMILES string of the molecule is COc1cccc(CN(C)C(=O)C2CCN(S(=O)(=O)c3ccc4c(c3)CCC4)CC2)c1. The first-order chi connectivity index (χ1) is 14.9. The fourth-order valence-corrected chi connectivity index (χ4v) is 6.16. The minimum Gasteiger partial charge on any atom is -0.497 e. The second-order valence-electron chi connectivity index (χ2n) is 8.51. The van der Waals surface area contributed by atoms with Gasteiger partial charge in [0, 0.05) is 32.6 Å². The van der Waals surface area contributed by atoms with Gasteiger partial charge in [0.1, 0.15) is 5.75 Å². The number of methoxy groups -OCH3 is 1. The summed E-state index contributed by atoms with van der Waals surface area (Å²) >= 11 is 0. The summed E-state index contributed by atoms with van der Waals surface area (Å²) in [5, 5.41) is 0. The van der Waals surface area contributed by atoms with E-state index in [1.54, 1.807) is 25.1 Å². The van der Waals surface area contributed by atoms with Crippen LogP contribution in [-0.2, 0) is 34.2 Å². The lowest BCUT2D eigenvalue weighted by Gasteiger charge is -2.32. The zero-order valence-corrected chi connectivity index (χ0v) is 19.0. The van der Waals surface area contributed by atoms with Crippen LogP contribution in [0.25, 0.3) is 0 Å². The van der Waals surface area contributed by atoms with Gasteiger partial charge in [-0.2, -0.15) is 4.31 Å². The van der Waals surface area contributed by atoms with Crippen LogP contribution in [0, 0.1) is 5.92 Å². The van der Waals surface area contributed by atoms with Crippen LogP contribution in [0.2, 0.25) is 0 Å². The van der Waals surface area contributed by atoms with Crippen LogP contribution in [0.3, 0.4) is 0 Å². The summed E-state index contributed by atoms with van der Waals surface area (Å²) in [5.74, 6) is 0.683. The van der Waals surface area contributed by atoms with Gasteiger partial charge < -0.3 is 9.64 Å². The summed E-state index contributed by atoms with van der Waals surface area (Å²) in [7, 11) is -0.0900. The molecule has 0 spiro atoms. The van der Waals surface area contributed by atoms with Crippen LogP contribution < -0.4 is 4.74 Å². The molecule has 1 fully saturated rings. The third-order valence-electron chi connectivity index (χ3n) is 6.44. The number of rotatable bonds is 6.